The molecule has 1 aromatic rings. The molecule has 18 heavy (non-hydrogen) atoms. The molecule has 0 aliphatic rings. The number of benzene rings is 1. The molecule has 1 rings (SSSR count). The van der Waals surface area contributed by atoms with E-state index in [1.54, 1.807) is 7.11 Å². The molecule has 0 N–H and O–H groups in total. The van der Waals surface area contributed by atoms with Crippen molar-refractivity contribution < 1.29 is 14.3 Å². The van der Waals surface area contributed by atoms with Crippen molar-refractivity contribution >= 4 is 5.97 Å². The fraction of sp³-hybridized carbons (Fsp3) is 0.500. The van der Waals surface area contributed by atoms with Crippen LogP contribution in [0.1, 0.15) is 18.1 Å². The molecule has 100 valence electrons. The molecule has 4 nitrogen and oxygen atoms in total. The first-order valence-corrected chi connectivity index (χ1v) is 6.04. The van der Waals surface area contributed by atoms with Gasteiger partial charge in [-0.05, 0) is 27.0 Å². The number of aryl methyl sites for hydroxylation is 1. The van der Waals surface area contributed by atoms with Crippen molar-refractivity contribution in [1.82, 2.24) is 4.90 Å². The van der Waals surface area contributed by atoms with Gasteiger partial charge >= 0.3 is 5.97 Å². The first-order valence-electron chi connectivity index (χ1n) is 6.04. The second-order valence-electron chi connectivity index (χ2n) is 4.29. The van der Waals surface area contributed by atoms with Crippen molar-refractivity contribution in [3.8, 4) is 5.75 Å². The summed E-state index contributed by atoms with van der Waals surface area (Å²) in [5.74, 6) is 0.642. The monoisotopic (exact) mass is 251 g/mol. The molecule has 0 unspecified atom stereocenters. The molecule has 0 aromatic heterocycles. The Morgan fingerprint density at radius 1 is 1.39 bits per heavy atom. The van der Waals surface area contributed by atoms with Crippen LogP contribution in [0, 0.1) is 6.92 Å². The van der Waals surface area contributed by atoms with Crippen molar-refractivity contribution in [2.75, 3.05) is 27.3 Å². The van der Waals surface area contributed by atoms with Crippen LogP contribution in [0.25, 0.3) is 0 Å². The minimum Gasteiger partial charge on any atom is -0.496 e. The summed E-state index contributed by atoms with van der Waals surface area (Å²) in [7, 11) is 3.54. The van der Waals surface area contributed by atoms with Gasteiger partial charge in [0, 0.05) is 12.1 Å². The van der Waals surface area contributed by atoms with E-state index < -0.39 is 0 Å². The highest BCUT2D eigenvalue weighted by Gasteiger charge is 2.10. The van der Waals surface area contributed by atoms with Crippen LogP contribution in [-0.2, 0) is 16.1 Å². The number of hydrogen-bond acceptors (Lipinski definition) is 4. The van der Waals surface area contributed by atoms with E-state index in [9.17, 15) is 4.79 Å². The second-order valence-corrected chi connectivity index (χ2v) is 4.29. The lowest BCUT2D eigenvalue weighted by atomic mass is 10.1. The van der Waals surface area contributed by atoms with Gasteiger partial charge in [-0.2, -0.15) is 0 Å². The van der Waals surface area contributed by atoms with Crippen molar-refractivity contribution in [1.29, 1.82) is 0 Å². The highest BCUT2D eigenvalue weighted by Crippen LogP contribution is 2.20. The van der Waals surface area contributed by atoms with E-state index in [0.717, 1.165) is 11.3 Å². The van der Waals surface area contributed by atoms with E-state index in [4.69, 9.17) is 9.47 Å². The van der Waals surface area contributed by atoms with Crippen LogP contribution in [0.5, 0.6) is 5.75 Å². The number of methoxy groups -OCH3 is 1. The van der Waals surface area contributed by atoms with E-state index in [2.05, 4.69) is 6.07 Å². The van der Waals surface area contributed by atoms with Gasteiger partial charge in [-0.15, -0.1) is 0 Å². The maximum absolute atomic E-state index is 11.4. The fourth-order valence-electron chi connectivity index (χ4n) is 1.80. The zero-order chi connectivity index (χ0) is 13.5. The first-order chi connectivity index (χ1) is 8.56. The molecular weight excluding hydrogens is 230 g/mol. The molecule has 0 amide bonds. The van der Waals surface area contributed by atoms with Gasteiger partial charge in [-0.3, -0.25) is 9.69 Å². The molecule has 4 heteroatoms. The largest absolute Gasteiger partial charge is 0.496 e. The molecule has 0 heterocycles. The Hall–Kier alpha value is -1.55. The number of hydrogen-bond donors (Lipinski definition) is 0. The molecule has 0 fully saturated rings. The van der Waals surface area contributed by atoms with Gasteiger partial charge in [0.1, 0.15) is 5.75 Å². The average Bonchev–Trinajstić information content (AvgIpc) is 2.29. The second kappa shape index (κ2) is 7.01. The van der Waals surface area contributed by atoms with Gasteiger partial charge in [0.15, 0.2) is 0 Å². The summed E-state index contributed by atoms with van der Waals surface area (Å²) in [4.78, 5) is 13.3. The number of nitrogens with zero attached hydrogens (tertiary/aromatic N) is 1. The highest BCUT2D eigenvalue weighted by molar-refractivity contribution is 5.71. The molecule has 0 radical (unpaired) electrons. The molecule has 1 aromatic carbocycles. The summed E-state index contributed by atoms with van der Waals surface area (Å²) in [5.41, 5.74) is 2.25. The van der Waals surface area contributed by atoms with Crippen LogP contribution in [0.2, 0.25) is 0 Å². The smallest absolute Gasteiger partial charge is 0.320 e. The molecule has 0 atom stereocenters. The third-order valence-corrected chi connectivity index (χ3v) is 2.58. The van der Waals surface area contributed by atoms with Crippen LogP contribution in [0.3, 0.4) is 0 Å². The van der Waals surface area contributed by atoms with E-state index >= 15 is 0 Å². The van der Waals surface area contributed by atoms with Crippen LogP contribution < -0.4 is 4.74 Å². The van der Waals surface area contributed by atoms with Crippen molar-refractivity contribution in [2.24, 2.45) is 0 Å². The Labute approximate surface area is 108 Å². The lowest BCUT2D eigenvalue weighted by molar-refractivity contribution is -0.144. The number of carbonyl (C=O) groups is 1. The summed E-state index contributed by atoms with van der Waals surface area (Å²) >= 11 is 0. The molecule has 0 spiro atoms. The summed E-state index contributed by atoms with van der Waals surface area (Å²) in [5, 5.41) is 0. The Morgan fingerprint density at radius 2 is 2.11 bits per heavy atom. The lowest BCUT2D eigenvalue weighted by Gasteiger charge is -2.17. The summed E-state index contributed by atoms with van der Waals surface area (Å²) in [6.45, 7) is 5.20. The van der Waals surface area contributed by atoms with E-state index in [0.29, 0.717) is 13.2 Å². The van der Waals surface area contributed by atoms with Gasteiger partial charge < -0.3 is 9.47 Å². The SMILES string of the molecule is CCOC(=O)CN(C)Cc1cc(C)ccc1OC. The van der Waals surface area contributed by atoms with Gasteiger partial charge in [-0.1, -0.05) is 17.7 Å². The van der Waals surface area contributed by atoms with Gasteiger partial charge in [-0.25, -0.2) is 0 Å². The Morgan fingerprint density at radius 3 is 2.72 bits per heavy atom. The van der Waals surface area contributed by atoms with Crippen molar-refractivity contribution in [3.63, 3.8) is 0 Å². The predicted octanol–water partition coefficient (Wildman–Crippen LogP) is 2.00. The number of likely N-dealkylation sites (N-methyl/N-ethyl adjacent to an activating group) is 1. The maximum Gasteiger partial charge on any atom is 0.320 e. The summed E-state index contributed by atoms with van der Waals surface area (Å²) in [6, 6.07) is 6.02. The van der Waals surface area contributed by atoms with Crippen LogP contribution in [-0.4, -0.2) is 38.2 Å². The Bertz CT molecular complexity index is 404. The molecule has 0 aliphatic heterocycles. The zero-order valence-electron chi connectivity index (χ0n) is 11.5. The zero-order valence-corrected chi connectivity index (χ0v) is 11.5. The van der Waals surface area contributed by atoms with Crippen LogP contribution in [0.15, 0.2) is 18.2 Å². The third-order valence-electron chi connectivity index (χ3n) is 2.58. The fourth-order valence-corrected chi connectivity index (χ4v) is 1.80. The summed E-state index contributed by atoms with van der Waals surface area (Å²) < 4.78 is 10.2. The van der Waals surface area contributed by atoms with Gasteiger partial charge in [0.05, 0.1) is 20.3 Å². The Balaban J connectivity index is 2.66. The third kappa shape index (κ3) is 4.37. The number of esters is 1. The van der Waals surface area contributed by atoms with Crippen molar-refractivity contribution in [2.45, 2.75) is 20.4 Å². The van der Waals surface area contributed by atoms with E-state index in [1.165, 1.54) is 5.56 Å². The maximum atomic E-state index is 11.4. The van der Waals surface area contributed by atoms with Gasteiger partial charge in [0.25, 0.3) is 0 Å². The summed E-state index contributed by atoms with van der Waals surface area (Å²) in [6.07, 6.45) is 0. The molecular formula is C14H21NO3. The van der Waals surface area contributed by atoms with Crippen molar-refractivity contribution in [3.05, 3.63) is 29.3 Å². The average molecular weight is 251 g/mol. The molecule has 0 saturated carbocycles. The number of rotatable bonds is 6. The molecule has 0 saturated heterocycles. The minimum absolute atomic E-state index is 0.202. The lowest BCUT2D eigenvalue weighted by Crippen LogP contribution is -2.27. The standard InChI is InChI=1S/C14H21NO3/c1-5-18-14(16)10-15(3)9-12-8-11(2)6-7-13(12)17-4/h6-8H,5,9-10H2,1-4H3. The highest BCUT2D eigenvalue weighted by atomic mass is 16.5. The van der Waals surface area contributed by atoms with Gasteiger partial charge in [0.2, 0.25) is 0 Å². The predicted molar refractivity (Wildman–Crippen MR) is 70.7 cm³/mol. The van der Waals surface area contributed by atoms with E-state index in [-0.39, 0.29) is 12.5 Å². The minimum atomic E-state index is -0.202. The first kappa shape index (κ1) is 14.5. The number of carbonyl (C=O) groups excluding carboxylic acids is 1. The topological polar surface area (TPSA) is 38.8 Å². The number of ether oxygens (including phenoxy) is 2. The van der Waals surface area contributed by atoms with Crippen LogP contribution >= 0.6 is 0 Å². The molecule has 0 aliphatic carbocycles. The van der Waals surface area contributed by atoms with E-state index in [1.807, 2.05) is 37.9 Å². The van der Waals surface area contributed by atoms with Crippen LogP contribution in [0.4, 0.5) is 0 Å². The quantitative estimate of drug-likeness (QED) is 0.725. The normalized spacial score (nSPS) is 10.5. The molecule has 0 bridgehead atoms. The Kier molecular flexibility index (Phi) is 5.65.